The first-order valence-electron chi connectivity index (χ1n) is 5.09. The molecule has 1 saturated heterocycles. The zero-order chi connectivity index (χ0) is 12.5. The van der Waals surface area contributed by atoms with Gasteiger partial charge in [-0.2, -0.15) is 15.0 Å². The fourth-order valence-corrected chi connectivity index (χ4v) is 3.30. The first-order valence-corrected chi connectivity index (χ1v) is 7.28. The van der Waals surface area contributed by atoms with Gasteiger partial charge in [0, 0.05) is 6.04 Å². The van der Waals surface area contributed by atoms with Crippen molar-refractivity contribution in [2.24, 2.45) is 0 Å². The molecule has 3 N–H and O–H groups in total. The van der Waals surface area contributed by atoms with Gasteiger partial charge in [-0.25, -0.2) is 8.42 Å². The minimum Gasteiger partial charge on any atom is -0.368 e. The largest absolute Gasteiger partial charge is 0.368 e. The van der Waals surface area contributed by atoms with Gasteiger partial charge in [0.2, 0.25) is 17.2 Å². The highest BCUT2D eigenvalue weighted by atomic mass is 35.5. The van der Waals surface area contributed by atoms with Gasteiger partial charge in [-0.15, -0.1) is 0 Å². The van der Waals surface area contributed by atoms with Crippen molar-refractivity contribution in [2.45, 2.75) is 18.9 Å². The number of nitrogen functional groups attached to an aromatic ring is 1. The maximum absolute atomic E-state index is 11.2. The van der Waals surface area contributed by atoms with Crippen LogP contribution in [0.4, 0.5) is 11.9 Å². The number of rotatable bonds is 2. The third-order valence-electron chi connectivity index (χ3n) is 2.51. The predicted octanol–water partition coefficient (Wildman–Crippen LogP) is 0.0963. The summed E-state index contributed by atoms with van der Waals surface area (Å²) in [6.07, 6.45) is 1.07. The van der Waals surface area contributed by atoms with Crippen LogP contribution >= 0.6 is 11.6 Å². The van der Waals surface area contributed by atoms with E-state index in [1.54, 1.807) is 0 Å². The maximum Gasteiger partial charge on any atom is 0.229 e. The minimum absolute atomic E-state index is 0.0171. The van der Waals surface area contributed by atoms with E-state index in [1.807, 2.05) is 0 Å². The molecule has 0 unspecified atom stereocenters. The van der Waals surface area contributed by atoms with Crippen molar-refractivity contribution in [3.8, 4) is 0 Å². The van der Waals surface area contributed by atoms with Crippen LogP contribution in [0.5, 0.6) is 0 Å². The first kappa shape index (κ1) is 12.3. The number of anilines is 2. The van der Waals surface area contributed by atoms with Crippen LogP contribution in [0, 0.1) is 0 Å². The van der Waals surface area contributed by atoms with Crippen molar-refractivity contribution in [1.82, 2.24) is 15.0 Å². The van der Waals surface area contributed by atoms with Crippen LogP contribution in [0.3, 0.4) is 0 Å². The van der Waals surface area contributed by atoms with E-state index < -0.39 is 9.84 Å². The van der Waals surface area contributed by atoms with E-state index in [4.69, 9.17) is 17.3 Å². The Labute approximate surface area is 104 Å². The van der Waals surface area contributed by atoms with Gasteiger partial charge in [0.25, 0.3) is 0 Å². The second kappa shape index (κ2) is 4.61. The first-order chi connectivity index (χ1) is 7.94. The van der Waals surface area contributed by atoms with Gasteiger partial charge in [0.1, 0.15) is 9.84 Å². The molecule has 94 valence electrons. The van der Waals surface area contributed by atoms with E-state index in [1.165, 1.54) is 0 Å². The highest BCUT2D eigenvalue weighted by Crippen LogP contribution is 2.16. The zero-order valence-electron chi connectivity index (χ0n) is 8.93. The van der Waals surface area contributed by atoms with E-state index in [-0.39, 0.29) is 34.7 Å². The Balaban J connectivity index is 2.02. The molecule has 0 aliphatic carbocycles. The Hall–Kier alpha value is -1.15. The molecule has 2 heterocycles. The lowest BCUT2D eigenvalue weighted by Crippen LogP contribution is -2.32. The minimum atomic E-state index is -2.87. The van der Waals surface area contributed by atoms with Gasteiger partial charge in [0.05, 0.1) is 11.5 Å². The molecule has 0 amide bonds. The standard InChI is InChI=1S/C8H12ClN5O2S/c9-6-12-7(10)14-8(13-6)11-5-1-3-17(15,16)4-2-5/h5H,1-4H2,(H3,10,11,12,13,14). The summed E-state index contributed by atoms with van der Waals surface area (Å²) in [5.41, 5.74) is 5.43. The van der Waals surface area contributed by atoms with Crippen LogP contribution < -0.4 is 11.1 Å². The zero-order valence-corrected chi connectivity index (χ0v) is 10.5. The Kier molecular flexibility index (Phi) is 3.34. The molecule has 1 fully saturated rings. The van der Waals surface area contributed by atoms with Crippen molar-refractivity contribution < 1.29 is 8.42 Å². The number of sulfone groups is 1. The number of halogens is 1. The highest BCUT2D eigenvalue weighted by molar-refractivity contribution is 7.91. The fourth-order valence-electron chi connectivity index (χ4n) is 1.65. The van der Waals surface area contributed by atoms with Gasteiger partial charge in [-0.1, -0.05) is 0 Å². The second-order valence-electron chi connectivity index (χ2n) is 3.86. The lowest BCUT2D eigenvalue weighted by atomic mass is 10.2. The summed E-state index contributed by atoms with van der Waals surface area (Å²) < 4.78 is 22.5. The summed E-state index contributed by atoms with van der Waals surface area (Å²) in [5, 5.41) is 3.03. The van der Waals surface area contributed by atoms with Crippen molar-refractivity contribution in [1.29, 1.82) is 0 Å². The number of hydrogen-bond donors (Lipinski definition) is 2. The predicted molar refractivity (Wildman–Crippen MR) is 64.5 cm³/mol. The summed E-state index contributed by atoms with van der Waals surface area (Å²) in [6, 6.07) is 0.0244. The average Bonchev–Trinajstić information content (AvgIpc) is 2.20. The van der Waals surface area contributed by atoms with Crippen molar-refractivity contribution in [3.63, 3.8) is 0 Å². The summed E-state index contributed by atoms with van der Waals surface area (Å²) >= 11 is 5.64. The smallest absolute Gasteiger partial charge is 0.229 e. The lowest BCUT2D eigenvalue weighted by molar-refractivity contribution is 0.558. The number of nitrogens with one attached hydrogen (secondary N) is 1. The van der Waals surface area contributed by atoms with E-state index in [0.29, 0.717) is 12.8 Å². The van der Waals surface area contributed by atoms with Gasteiger partial charge in [-0.05, 0) is 24.4 Å². The Morgan fingerprint density at radius 1 is 1.24 bits per heavy atom. The van der Waals surface area contributed by atoms with Crippen molar-refractivity contribution in [2.75, 3.05) is 22.6 Å². The van der Waals surface area contributed by atoms with Crippen molar-refractivity contribution >= 4 is 33.3 Å². The average molecular weight is 278 g/mol. The normalized spacial score (nSPS) is 20.1. The van der Waals surface area contributed by atoms with Gasteiger partial charge in [-0.3, -0.25) is 0 Å². The molecule has 0 bridgehead atoms. The number of nitrogens with zero attached hydrogens (tertiary/aromatic N) is 3. The van der Waals surface area contributed by atoms with E-state index in [0.717, 1.165) is 0 Å². The molecule has 0 spiro atoms. The molecular weight excluding hydrogens is 266 g/mol. The van der Waals surface area contributed by atoms with Crippen LogP contribution in [0.1, 0.15) is 12.8 Å². The molecule has 0 saturated carbocycles. The number of nitrogens with two attached hydrogens (primary N) is 1. The summed E-state index contributed by atoms with van der Waals surface area (Å²) in [7, 11) is -2.87. The highest BCUT2D eigenvalue weighted by Gasteiger charge is 2.24. The quantitative estimate of drug-likeness (QED) is 0.788. The Bertz CT molecular complexity index is 486. The fraction of sp³-hybridized carbons (Fsp3) is 0.625. The van der Waals surface area contributed by atoms with E-state index in [2.05, 4.69) is 20.3 Å². The van der Waals surface area contributed by atoms with E-state index >= 15 is 0 Å². The van der Waals surface area contributed by atoms with Crippen LogP contribution in [0.2, 0.25) is 5.28 Å². The van der Waals surface area contributed by atoms with Crippen LogP contribution in [0.15, 0.2) is 0 Å². The molecule has 1 aromatic rings. The van der Waals surface area contributed by atoms with Gasteiger partial charge < -0.3 is 11.1 Å². The molecule has 1 aliphatic rings. The summed E-state index contributed by atoms with van der Waals surface area (Å²) in [4.78, 5) is 11.4. The van der Waals surface area contributed by atoms with Crippen LogP contribution in [0.25, 0.3) is 0 Å². The lowest BCUT2D eigenvalue weighted by Gasteiger charge is -2.22. The second-order valence-corrected chi connectivity index (χ2v) is 6.50. The van der Waals surface area contributed by atoms with Crippen LogP contribution in [-0.4, -0.2) is 40.9 Å². The monoisotopic (exact) mass is 277 g/mol. The molecule has 2 rings (SSSR count). The van der Waals surface area contributed by atoms with E-state index in [9.17, 15) is 8.42 Å². The SMILES string of the molecule is Nc1nc(Cl)nc(NC2CCS(=O)(=O)CC2)n1. The molecular formula is C8H12ClN5O2S. The maximum atomic E-state index is 11.2. The number of hydrogen-bond acceptors (Lipinski definition) is 7. The Morgan fingerprint density at radius 3 is 2.47 bits per heavy atom. The molecule has 9 heteroatoms. The number of aromatic nitrogens is 3. The Morgan fingerprint density at radius 2 is 1.88 bits per heavy atom. The van der Waals surface area contributed by atoms with Crippen molar-refractivity contribution in [3.05, 3.63) is 5.28 Å². The third kappa shape index (κ3) is 3.40. The molecule has 1 aromatic heterocycles. The van der Waals surface area contributed by atoms with Crippen LogP contribution in [-0.2, 0) is 9.84 Å². The van der Waals surface area contributed by atoms with Gasteiger partial charge in [0.15, 0.2) is 0 Å². The molecule has 0 atom stereocenters. The van der Waals surface area contributed by atoms with Gasteiger partial charge >= 0.3 is 0 Å². The molecule has 0 aromatic carbocycles. The summed E-state index contributed by atoms with van der Waals surface area (Å²) in [6.45, 7) is 0. The summed E-state index contributed by atoms with van der Waals surface area (Å²) in [5.74, 6) is 0.681. The molecule has 0 radical (unpaired) electrons. The topological polar surface area (TPSA) is 111 Å². The molecule has 7 nitrogen and oxygen atoms in total. The molecule has 17 heavy (non-hydrogen) atoms. The third-order valence-corrected chi connectivity index (χ3v) is 4.40. The molecule has 1 aliphatic heterocycles.